The van der Waals surface area contributed by atoms with Crippen LogP contribution in [0.15, 0.2) is 18.2 Å². The lowest BCUT2D eigenvalue weighted by atomic mass is 10.00. The Bertz CT molecular complexity index is 532. The molecule has 0 N–H and O–H groups in total. The number of benzene rings is 1. The normalized spacial score (nSPS) is 23.7. The predicted molar refractivity (Wildman–Crippen MR) is 90.7 cm³/mol. The Morgan fingerprint density at radius 1 is 1.26 bits per heavy atom. The third-order valence-corrected chi connectivity index (χ3v) is 4.95. The number of hydrogen-bond donors (Lipinski definition) is 0. The molecule has 0 saturated carbocycles. The maximum atomic E-state index is 12.4. The van der Waals surface area contributed by atoms with Crippen LogP contribution in [0.1, 0.15) is 85.9 Å². The zero-order valence-electron chi connectivity index (χ0n) is 14.2. The molecule has 23 heavy (non-hydrogen) atoms. The molecule has 3 nitrogen and oxygen atoms in total. The summed E-state index contributed by atoms with van der Waals surface area (Å²) in [6.45, 7) is 2.97. The van der Waals surface area contributed by atoms with E-state index in [2.05, 4.69) is 19.1 Å². The van der Waals surface area contributed by atoms with Gasteiger partial charge in [-0.25, -0.2) is 0 Å². The van der Waals surface area contributed by atoms with Gasteiger partial charge in [-0.3, -0.25) is 4.79 Å². The van der Waals surface area contributed by atoms with Crippen molar-refractivity contribution in [1.29, 1.82) is 0 Å². The summed E-state index contributed by atoms with van der Waals surface area (Å²) in [6, 6.07) is 6.18. The van der Waals surface area contributed by atoms with Crippen molar-refractivity contribution in [1.82, 2.24) is 0 Å². The highest BCUT2D eigenvalue weighted by atomic mass is 16.7. The third-order valence-electron chi connectivity index (χ3n) is 4.95. The van der Waals surface area contributed by atoms with E-state index >= 15 is 0 Å². The zero-order valence-corrected chi connectivity index (χ0v) is 14.2. The van der Waals surface area contributed by atoms with Crippen molar-refractivity contribution in [2.75, 3.05) is 6.61 Å². The molecule has 2 aliphatic rings. The van der Waals surface area contributed by atoms with Crippen LogP contribution in [0, 0.1) is 0 Å². The number of hydrogen-bond acceptors (Lipinski definition) is 3. The molecule has 1 aromatic rings. The van der Waals surface area contributed by atoms with Crippen molar-refractivity contribution in [3.8, 4) is 0 Å². The van der Waals surface area contributed by atoms with Crippen LogP contribution in [-0.2, 0) is 15.9 Å². The van der Waals surface area contributed by atoms with E-state index in [-0.39, 0.29) is 18.2 Å². The van der Waals surface area contributed by atoms with Gasteiger partial charge < -0.3 is 9.47 Å². The van der Waals surface area contributed by atoms with Crippen LogP contribution in [0.2, 0.25) is 0 Å². The quantitative estimate of drug-likeness (QED) is 0.525. The van der Waals surface area contributed by atoms with Crippen LogP contribution in [-0.4, -0.2) is 18.7 Å². The topological polar surface area (TPSA) is 35.5 Å². The van der Waals surface area contributed by atoms with Gasteiger partial charge in [0.1, 0.15) is 0 Å². The van der Waals surface area contributed by atoms with Gasteiger partial charge in [-0.1, -0.05) is 31.9 Å². The molecule has 1 aromatic carbocycles. The van der Waals surface area contributed by atoms with E-state index in [4.69, 9.17) is 9.47 Å². The zero-order chi connectivity index (χ0) is 16.1. The van der Waals surface area contributed by atoms with Gasteiger partial charge >= 0.3 is 0 Å². The average molecular weight is 316 g/mol. The molecule has 0 spiro atoms. The Labute approximate surface area is 139 Å². The van der Waals surface area contributed by atoms with Crippen LogP contribution in [0.4, 0.5) is 0 Å². The molecule has 0 aromatic heterocycles. The van der Waals surface area contributed by atoms with Gasteiger partial charge in [0.2, 0.25) is 0 Å². The summed E-state index contributed by atoms with van der Waals surface area (Å²) in [7, 11) is 0. The minimum Gasteiger partial charge on any atom is -0.353 e. The summed E-state index contributed by atoms with van der Waals surface area (Å²) < 4.78 is 11.9. The molecule has 126 valence electrons. The van der Waals surface area contributed by atoms with Gasteiger partial charge in [-0.2, -0.15) is 0 Å². The molecule has 1 aliphatic carbocycles. The molecule has 1 heterocycles. The van der Waals surface area contributed by atoms with Gasteiger partial charge in [0, 0.05) is 18.6 Å². The first-order valence-electron chi connectivity index (χ1n) is 9.21. The summed E-state index contributed by atoms with van der Waals surface area (Å²) >= 11 is 0. The second-order valence-electron chi connectivity index (χ2n) is 6.75. The smallest absolute Gasteiger partial charge is 0.162 e. The van der Waals surface area contributed by atoms with Crippen LogP contribution < -0.4 is 0 Å². The number of rotatable bonds is 7. The van der Waals surface area contributed by atoms with Crippen molar-refractivity contribution in [2.45, 2.75) is 77.1 Å². The molecule has 2 unspecified atom stereocenters. The van der Waals surface area contributed by atoms with E-state index in [1.807, 2.05) is 6.07 Å². The molecule has 1 aliphatic heterocycles. The molecule has 0 radical (unpaired) electrons. The van der Waals surface area contributed by atoms with Crippen LogP contribution in [0.3, 0.4) is 0 Å². The molecule has 1 saturated heterocycles. The number of ether oxygens (including phenoxy) is 2. The number of unbranched alkanes of at least 4 members (excludes halogenated alkanes) is 2. The van der Waals surface area contributed by atoms with E-state index in [0.29, 0.717) is 6.42 Å². The Hall–Kier alpha value is -1.19. The van der Waals surface area contributed by atoms with E-state index in [0.717, 1.165) is 57.1 Å². The molecule has 3 heteroatoms. The van der Waals surface area contributed by atoms with E-state index < -0.39 is 0 Å². The van der Waals surface area contributed by atoms with Crippen molar-refractivity contribution < 1.29 is 14.3 Å². The standard InChI is InChI=1S/C20H28O3/c1-2-3-4-7-18(21)16-10-9-15-11-12-19(17(15)14-16)23-20-8-5-6-13-22-20/h9-10,14,19-20H,2-8,11-13H2,1H3. The highest BCUT2D eigenvalue weighted by molar-refractivity contribution is 5.96. The Morgan fingerprint density at radius 2 is 2.17 bits per heavy atom. The molecule has 2 atom stereocenters. The molecule has 3 rings (SSSR count). The van der Waals surface area contributed by atoms with Crippen molar-refractivity contribution in [3.63, 3.8) is 0 Å². The summed E-state index contributed by atoms with van der Waals surface area (Å²) in [4.78, 5) is 12.4. The predicted octanol–water partition coefficient (Wildman–Crippen LogP) is 4.98. The average Bonchev–Trinajstić information content (AvgIpc) is 2.98. The Kier molecular flexibility index (Phi) is 5.85. The van der Waals surface area contributed by atoms with Gasteiger partial charge in [0.15, 0.2) is 12.1 Å². The van der Waals surface area contributed by atoms with Crippen molar-refractivity contribution >= 4 is 5.78 Å². The minimum absolute atomic E-state index is 0.0661. The first-order valence-corrected chi connectivity index (χ1v) is 9.21. The summed E-state index contributed by atoms with van der Waals surface area (Å²) in [6.07, 6.45) is 9.29. The summed E-state index contributed by atoms with van der Waals surface area (Å²) in [5, 5.41) is 0. The van der Waals surface area contributed by atoms with Gasteiger partial charge in [0.05, 0.1) is 6.10 Å². The van der Waals surface area contributed by atoms with E-state index in [1.54, 1.807) is 0 Å². The number of carbonyl (C=O) groups excluding carboxylic acids is 1. The first kappa shape index (κ1) is 16.7. The number of Topliss-reactive ketones (excluding diaryl/α,β-unsaturated/α-hetero) is 1. The molecule has 0 bridgehead atoms. The summed E-state index contributed by atoms with van der Waals surface area (Å²) in [5.74, 6) is 0.265. The second kappa shape index (κ2) is 8.07. The van der Waals surface area contributed by atoms with Gasteiger partial charge in [-0.15, -0.1) is 0 Å². The van der Waals surface area contributed by atoms with Crippen molar-refractivity contribution in [3.05, 3.63) is 34.9 Å². The number of aryl methyl sites for hydroxylation is 1. The first-order chi connectivity index (χ1) is 11.3. The van der Waals surface area contributed by atoms with Crippen LogP contribution >= 0.6 is 0 Å². The number of fused-ring (bicyclic) bond motifs is 1. The highest BCUT2D eigenvalue weighted by Gasteiger charge is 2.28. The SMILES string of the molecule is CCCCCC(=O)c1ccc2c(c1)C(OC1CCCCO1)CC2. The lowest BCUT2D eigenvalue weighted by Gasteiger charge is -2.26. The molecule has 0 amide bonds. The minimum atomic E-state index is -0.0661. The van der Waals surface area contributed by atoms with Crippen LogP contribution in [0.5, 0.6) is 0 Å². The largest absolute Gasteiger partial charge is 0.353 e. The Balaban J connectivity index is 1.65. The fourth-order valence-electron chi connectivity index (χ4n) is 3.56. The maximum Gasteiger partial charge on any atom is 0.162 e. The fourth-order valence-corrected chi connectivity index (χ4v) is 3.56. The monoisotopic (exact) mass is 316 g/mol. The van der Waals surface area contributed by atoms with E-state index in [1.165, 1.54) is 17.5 Å². The number of ketones is 1. The molecule has 1 fully saturated rings. The van der Waals surface area contributed by atoms with E-state index in [9.17, 15) is 4.79 Å². The summed E-state index contributed by atoms with van der Waals surface area (Å²) in [5.41, 5.74) is 3.39. The second-order valence-corrected chi connectivity index (χ2v) is 6.75. The fraction of sp³-hybridized carbons (Fsp3) is 0.650. The van der Waals surface area contributed by atoms with Gasteiger partial charge in [0.25, 0.3) is 0 Å². The number of carbonyl (C=O) groups is 1. The molecular formula is C20H28O3. The lowest BCUT2D eigenvalue weighted by Crippen LogP contribution is -2.23. The molecular weight excluding hydrogens is 288 g/mol. The highest BCUT2D eigenvalue weighted by Crippen LogP contribution is 2.36. The third kappa shape index (κ3) is 4.21. The van der Waals surface area contributed by atoms with Crippen LogP contribution in [0.25, 0.3) is 0 Å². The lowest BCUT2D eigenvalue weighted by molar-refractivity contribution is -0.189. The van der Waals surface area contributed by atoms with Gasteiger partial charge in [-0.05, 0) is 55.7 Å². The Morgan fingerprint density at radius 3 is 2.96 bits per heavy atom. The maximum absolute atomic E-state index is 12.4. The van der Waals surface area contributed by atoms with Crippen molar-refractivity contribution in [2.24, 2.45) is 0 Å².